The summed E-state index contributed by atoms with van der Waals surface area (Å²) < 4.78 is 14.5. The first-order chi connectivity index (χ1) is 9.64. The van der Waals surface area contributed by atoms with E-state index >= 15 is 0 Å². The average Bonchev–Trinajstić information content (AvgIpc) is 2.49. The van der Waals surface area contributed by atoms with E-state index in [1.165, 1.54) is 6.07 Å². The molecule has 0 nitrogen and oxygen atoms in total. The van der Waals surface area contributed by atoms with E-state index in [-0.39, 0.29) is 5.82 Å². The van der Waals surface area contributed by atoms with Crippen molar-refractivity contribution in [1.82, 2.24) is 0 Å². The van der Waals surface area contributed by atoms with E-state index < -0.39 is 5.96 Å². The Labute approximate surface area is 124 Å². The maximum absolute atomic E-state index is 14.5. The molecule has 0 spiro atoms. The number of halogens is 2. The van der Waals surface area contributed by atoms with Crippen LogP contribution in [0.5, 0.6) is 0 Å². The molecule has 0 atom stereocenters. The van der Waals surface area contributed by atoms with Gasteiger partial charge in [0.1, 0.15) is 0 Å². The van der Waals surface area contributed by atoms with Crippen LogP contribution in [0.1, 0.15) is 12.8 Å². The summed E-state index contributed by atoms with van der Waals surface area (Å²) in [5, 5.41) is 1.73. The van der Waals surface area contributed by atoms with Crippen molar-refractivity contribution in [3.05, 3.63) is 72.3 Å². The molecular weight excluding hydrogens is 290 g/mol. The van der Waals surface area contributed by atoms with Gasteiger partial charge in [-0.2, -0.15) is 0 Å². The van der Waals surface area contributed by atoms with Crippen LogP contribution in [0.3, 0.4) is 0 Å². The maximum atomic E-state index is 14.5. The van der Waals surface area contributed by atoms with Crippen molar-refractivity contribution in [3.63, 3.8) is 0 Å². The minimum atomic E-state index is -3.06. The Morgan fingerprint density at radius 1 is 0.950 bits per heavy atom. The molecular formula is C17H17ClFP. The van der Waals surface area contributed by atoms with Gasteiger partial charge in [-0.1, -0.05) is 0 Å². The van der Waals surface area contributed by atoms with Gasteiger partial charge in [-0.05, 0) is 0 Å². The molecule has 3 rings (SSSR count). The number of rotatable bonds is 2. The summed E-state index contributed by atoms with van der Waals surface area (Å²) in [7, 11) is 0. The predicted molar refractivity (Wildman–Crippen MR) is 88.1 cm³/mol. The summed E-state index contributed by atoms with van der Waals surface area (Å²) in [6.45, 7) is 0. The normalized spacial score (nSPS) is 21.8. The van der Waals surface area contributed by atoms with Crippen LogP contribution in [-0.2, 0) is 0 Å². The third-order valence-corrected chi connectivity index (χ3v) is 10.9. The molecule has 20 heavy (non-hydrogen) atoms. The molecule has 2 aromatic carbocycles. The van der Waals surface area contributed by atoms with Gasteiger partial charge in [0.2, 0.25) is 0 Å². The van der Waals surface area contributed by atoms with Gasteiger partial charge < -0.3 is 0 Å². The molecule has 0 unspecified atom stereocenters. The average molecular weight is 307 g/mol. The van der Waals surface area contributed by atoms with E-state index in [1.54, 1.807) is 6.07 Å². The van der Waals surface area contributed by atoms with Gasteiger partial charge in [-0.3, -0.25) is 0 Å². The van der Waals surface area contributed by atoms with Crippen molar-refractivity contribution in [2.24, 2.45) is 0 Å². The van der Waals surface area contributed by atoms with E-state index in [2.05, 4.69) is 11.9 Å². The second-order valence-electron chi connectivity index (χ2n) is 5.29. The fourth-order valence-corrected chi connectivity index (χ4v) is 8.79. The van der Waals surface area contributed by atoms with Crippen molar-refractivity contribution >= 4 is 27.8 Å². The molecule has 0 bridgehead atoms. The zero-order valence-corrected chi connectivity index (χ0v) is 12.8. The first kappa shape index (κ1) is 13.8. The molecule has 0 N–H and O–H groups in total. The van der Waals surface area contributed by atoms with E-state index in [0.717, 1.165) is 24.3 Å². The van der Waals surface area contributed by atoms with Crippen LogP contribution in [0.4, 0.5) is 4.39 Å². The fourth-order valence-electron chi connectivity index (χ4n) is 3.04. The van der Waals surface area contributed by atoms with Crippen molar-refractivity contribution < 1.29 is 4.39 Å². The first-order valence-electron chi connectivity index (χ1n) is 6.86. The van der Waals surface area contributed by atoms with Gasteiger partial charge in [0, 0.05) is 0 Å². The quantitative estimate of drug-likeness (QED) is 0.700. The third kappa shape index (κ3) is 2.01. The summed E-state index contributed by atoms with van der Waals surface area (Å²) in [6.07, 6.45) is 4.97. The van der Waals surface area contributed by atoms with Crippen LogP contribution >= 0.6 is 17.2 Å². The summed E-state index contributed by atoms with van der Waals surface area (Å²) in [6, 6.07) is 17.0. The minimum absolute atomic E-state index is 0.199. The van der Waals surface area contributed by atoms with Crippen LogP contribution in [-0.4, -0.2) is 6.16 Å². The Balaban J connectivity index is 2.33. The van der Waals surface area contributed by atoms with Gasteiger partial charge in [0.25, 0.3) is 0 Å². The van der Waals surface area contributed by atoms with Gasteiger partial charge in [0.05, 0.1) is 0 Å². The SMILES string of the molecule is Fc1ccccc1P1(Cl)(c2ccccc2)C=CCCC1. The predicted octanol–water partition coefficient (Wildman–Crippen LogP) is 4.79. The second-order valence-corrected chi connectivity index (χ2v) is 11.9. The van der Waals surface area contributed by atoms with Gasteiger partial charge >= 0.3 is 124 Å². The van der Waals surface area contributed by atoms with Gasteiger partial charge in [-0.15, -0.1) is 0 Å². The van der Waals surface area contributed by atoms with Crippen LogP contribution < -0.4 is 10.6 Å². The van der Waals surface area contributed by atoms with Crippen molar-refractivity contribution in [3.8, 4) is 0 Å². The second kappa shape index (κ2) is 4.98. The Kier molecular flexibility index (Phi) is 3.44. The Morgan fingerprint density at radius 3 is 2.30 bits per heavy atom. The zero-order valence-electron chi connectivity index (χ0n) is 11.2. The van der Waals surface area contributed by atoms with Crippen LogP contribution in [0.2, 0.25) is 0 Å². The molecule has 0 saturated heterocycles. The number of hydrogen-bond donors (Lipinski definition) is 0. The van der Waals surface area contributed by atoms with E-state index in [0.29, 0.717) is 5.30 Å². The number of hydrogen-bond acceptors (Lipinski definition) is 0. The van der Waals surface area contributed by atoms with Crippen molar-refractivity contribution in [2.75, 3.05) is 6.16 Å². The Hall–Kier alpha value is -1.17. The van der Waals surface area contributed by atoms with Crippen molar-refractivity contribution in [2.45, 2.75) is 12.8 Å². The van der Waals surface area contributed by atoms with Crippen LogP contribution in [0.25, 0.3) is 0 Å². The molecule has 1 heterocycles. The molecule has 0 aliphatic carbocycles. The van der Waals surface area contributed by atoms with Crippen LogP contribution in [0, 0.1) is 5.82 Å². The topological polar surface area (TPSA) is 0 Å². The summed E-state index contributed by atoms with van der Waals surface area (Å²) >= 11 is 7.29. The first-order valence-corrected chi connectivity index (χ1v) is 10.3. The van der Waals surface area contributed by atoms with Gasteiger partial charge in [0.15, 0.2) is 0 Å². The zero-order chi connectivity index (χ0) is 14.1. The summed E-state index contributed by atoms with van der Waals surface area (Å²) in [5.74, 6) is -1.15. The summed E-state index contributed by atoms with van der Waals surface area (Å²) in [4.78, 5) is 0. The monoisotopic (exact) mass is 306 g/mol. The number of benzene rings is 2. The van der Waals surface area contributed by atoms with Crippen LogP contribution in [0.15, 0.2) is 66.5 Å². The molecule has 1 aliphatic heterocycles. The Morgan fingerprint density at radius 2 is 1.65 bits per heavy atom. The molecule has 0 amide bonds. The molecule has 104 valence electrons. The molecule has 0 aromatic heterocycles. The van der Waals surface area contributed by atoms with Gasteiger partial charge in [-0.25, -0.2) is 0 Å². The van der Waals surface area contributed by atoms with E-state index in [4.69, 9.17) is 11.2 Å². The van der Waals surface area contributed by atoms with E-state index in [1.807, 2.05) is 42.5 Å². The molecule has 1 aliphatic rings. The number of allylic oxidation sites excluding steroid dienone is 1. The Bertz CT molecular complexity index is 655. The molecule has 0 saturated carbocycles. The standard InChI is InChI=1S/C17H17ClFP/c18-20(13-7-2-8-14-20,15-9-3-1-4-10-15)17-12-6-5-11-16(17)19/h1,3-7,9-13H,2,8,14H2. The summed E-state index contributed by atoms with van der Waals surface area (Å²) in [5.41, 5.74) is 0. The molecule has 3 heteroatoms. The fraction of sp³-hybridized carbons (Fsp3) is 0.176. The molecule has 2 aromatic rings. The molecule has 0 radical (unpaired) electrons. The molecule has 0 fully saturated rings. The third-order valence-electron chi connectivity index (χ3n) is 4.07. The van der Waals surface area contributed by atoms with E-state index in [9.17, 15) is 4.39 Å². The van der Waals surface area contributed by atoms with Crippen molar-refractivity contribution in [1.29, 1.82) is 0 Å².